The lowest BCUT2D eigenvalue weighted by molar-refractivity contribution is -0.119. The van der Waals surface area contributed by atoms with Gasteiger partial charge in [-0.1, -0.05) is 30.3 Å². The van der Waals surface area contributed by atoms with Gasteiger partial charge in [-0.15, -0.1) is 11.8 Å². The highest BCUT2D eigenvalue weighted by atomic mass is 32.2. The first-order chi connectivity index (χ1) is 12.2. The quantitative estimate of drug-likeness (QED) is 0.830. The van der Waals surface area contributed by atoms with Gasteiger partial charge in [0.1, 0.15) is 0 Å². The van der Waals surface area contributed by atoms with Gasteiger partial charge in [0.2, 0.25) is 11.8 Å². The lowest BCUT2D eigenvalue weighted by Crippen LogP contribution is -2.26. The summed E-state index contributed by atoms with van der Waals surface area (Å²) >= 11 is 1.59. The lowest BCUT2D eigenvalue weighted by atomic mass is 10.2. The predicted octanol–water partition coefficient (Wildman–Crippen LogP) is 2.76. The molecule has 1 aliphatic rings. The van der Waals surface area contributed by atoms with Crippen molar-refractivity contribution in [2.45, 2.75) is 25.1 Å². The van der Waals surface area contributed by atoms with Crippen LogP contribution in [-0.2, 0) is 21.9 Å². The summed E-state index contributed by atoms with van der Waals surface area (Å²) in [6, 6.07) is 12.0. The number of benzene rings is 1. The van der Waals surface area contributed by atoms with Crippen molar-refractivity contribution in [3.8, 4) is 0 Å². The number of carbonyl (C=O) groups is 2. The monoisotopic (exact) mass is 355 g/mol. The summed E-state index contributed by atoms with van der Waals surface area (Å²) in [4.78, 5) is 29.7. The highest BCUT2D eigenvalue weighted by molar-refractivity contribution is 7.99. The molecule has 5 nitrogen and oxygen atoms in total. The fraction of sp³-hybridized carbons (Fsp3) is 0.316. The van der Waals surface area contributed by atoms with E-state index in [1.807, 2.05) is 24.3 Å². The van der Waals surface area contributed by atoms with Crippen molar-refractivity contribution in [3.05, 3.63) is 59.9 Å². The molecule has 0 atom stereocenters. The molecule has 2 aromatic rings. The number of nitrogens with one attached hydrogen (secondary N) is 1. The van der Waals surface area contributed by atoms with E-state index in [0.29, 0.717) is 18.7 Å². The first kappa shape index (κ1) is 17.5. The number of thioether (sulfide) groups is 1. The average molecular weight is 355 g/mol. The van der Waals surface area contributed by atoms with E-state index >= 15 is 0 Å². The van der Waals surface area contributed by atoms with Gasteiger partial charge < -0.3 is 10.2 Å². The van der Waals surface area contributed by atoms with Crippen molar-refractivity contribution >= 4 is 29.3 Å². The molecule has 1 aromatic carbocycles. The molecule has 130 valence electrons. The molecule has 0 saturated carbocycles. The third kappa shape index (κ3) is 5.06. The molecule has 1 fully saturated rings. The first-order valence-corrected chi connectivity index (χ1v) is 9.50. The van der Waals surface area contributed by atoms with Gasteiger partial charge in [0.15, 0.2) is 0 Å². The van der Waals surface area contributed by atoms with Crippen LogP contribution in [0.5, 0.6) is 0 Å². The fourth-order valence-corrected chi connectivity index (χ4v) is 3.54. The van der Waals surface area contributed by atoms with Crippen LogP contribution in [0.1, 0.15) is 24.0 Å². The standard InChI is InChI=1S/C19H21N3O2S/c23-18(14-25-13-15-5-2-1-3-6-15)21-11-16-9-17(12-20-10-16)22-8-4-7-19(22)24/h1-3,5-6,9-10,12H,4,7-8,11,13-14H2,(H,21,23). The Morgan fingerprint density at radius 2 is 2.04 bits per heavy atom. The number of carbonyl (C=O) groups excluding carboxylic acids is 2. The molecule has 1 N–H and O–H groups in total. The smallest absolute Gasteiger partial charge is 0.230 e. The van der Waals surface area contributed by atoms with Crippen LogP contribution >= 0.6 is 11.8 Å². The molecule has 2 amide bonds. The number of anilines is 1. The van der Waals surface area contributed by atoms with E-state index in [1.54, 1.807) is 29.1 Å². The summed E-state index contributed by atoms with van der Waals surface area (Å²) in [5.74, 6) is 1.39. The second kappa shape index (κ2) is 8.67. The van der Waals surface area contributed by atoms with E-state index in [2.05, 4.69) is 22.4 Å². The normalized spacial score (nSPS) is 13.9. The summed E-state index contributed by atoms with van der Waals surface area (Å²) in [6.45, 7) is 1.17. The van der Waals surface area contributed by atoms with Crippen molar-refractivity contribution in [3.63, 3.8) is 0 Å². The van der Waals surface area contributed by atoms with E-state index in [4.69, 9.17) is 0 Å². The van der Waals surface area contributed by atoms with Crippen molar-refractivity contribution in [2.75, 3.05) is 17.2 Å². The Hall–Kier alpha value is -2.34. The first-order valence-electron chi connectivity index (χ1n) is 8.35. The number of rotatable bonds is 7. The van der Waals surface area contributed by atoms with Gasteiger partial charge in [0.25, 0.3) is 0 Å². The summed E-state index contributed by atoms with van der Waals surface area (Å²) < 4.78 is 0. The summed E-state index contributed by atoms with van der Waals surface area (Å²) in [6.07, 6.45) is 4.91. The van der Waals surface area contributed by atoms with Crippen LogP contribution in [0.3, 0.4) is 0 Å². The molecule has 0 unspecified atom stereocenters. The number of aromatic nitrogens is 1. The molecule has 3 rings (SSSR count). The molecule has 0 radical (unpaired) electrons. The van der Waals surface area contributed by atoms with Crippen molar-refractivity contribution in [1.82, 2.24) is 10.3 Å². The molecule has 0 aliphatic carbocycles. The zero-order chi connectivity index (χ0) is 17.5. The van der Waals surface area contributed by atoms with Crippen LogP contribution in [0.25, 0.3) is 0 Å². The van der Waals surface area contributed by atoms with Crippen LogP contribution in [0.4, 0.5) is 5.69 Å². The van der Waals surface area contributed by atoms with E-state index in [1.165, 1.54) is 5.56 Å². The Morgan fingerprint density at radius 3 is 2.80 bits per heavy atom. The summed E-state index contributed by atoms with van der Waals surface area (Å²) in [5, 5.41) is 2.91. The van der Waals surface area contributed by atoms with E-state index in [-0.39, 0.29) is 11.8 Å². The Morgan fingerprint density at radius 1 is 1.20 bits per heavy atom. The SMILES string of the molecule is O=C(CSCc1ccccc1)NCc1cncc(N2CCCC2=O)c1. The predicted molar refractivity (Wildman–Crippen MR) is 100 cm³/mol. The molecule has 6 heteroatoms. The summed E-state index contributed by atoms with van der Waals surface area (Å²) in [5.41, 5.74) is 2.93. The minimum atomic E-state index is 0.00332. The second-order valence-corrected chi connectivity index (χ2v) is 6.94. The van der Waals surface area contributed by atoms with Crippen LogP contribution in [0, 0.1) is 0 Å². The van der Waals surface area contributed by atoms with Crippen LogP contribution < -0.4 is 10.2 Å². The van der Waals surface area contributed by atoms with Gasteiger partial charge in [0, 0.05) is 31.5 Å². The van der Waals surface area contributed by atoms with E-state index < -0.39 is 0 Å². The second-order valence-electron chi connectivity index (χ2n) is 5.96. The molecule has 2 heterocycles. The third-order valence-corrected chi connectivity index (χ3v) is 5.00. The largest absolute Gasteiger partial charge is 0.351 e. The number of nitrogens with zero attached hydrogens (tertiary/aromatic N) is 2. The maximum atomic E-state index is 12.0. The molecule has 0 bridgehead atoms. The molecule has 1 saturated heterocycles. The minimum absolute atomic E-state index is 0.00332. The number of pyridine rings is 1. The topological polar surface area (TPSA) is 62.3 Å². The average Bonchev–Trinajstić information content (AvgIpc) is 3.07. The molecule has 25 heavy (non-hydrogen) atoms. The zero-order valence-corrected chi connectivity index (χ0v) is 14.8. The van der Waals surface area contributed by atoms with E-state index in [0.717, 1.165) is 30.0 Å². The van der Waals surface area contributed by atoms with Gasteiger partial charge in [-0.25, -0.2) is 0 Å². The van der Waals surface area contributed by atoms with E-state index in [9.17, 15) is 9.59 Å². The van der Waals surface area contributed by atoms with Crippen LogP contribution in [-0.4, -0.2) is 29.1 Å². The maximum Gasteiger partial charge on any atom is 0.230 e. The molecular weight excluding hydrogens is 334 g/mol. The lowest BCUT2D eigenvalue weighted by Gasteiger charge is -2.16. The highest BCUT2D eigenvalue weighted by Gasteiger charge is 2.21. The Balaban J connectivity index is 1.45. The molecule has 1 aliphatic heterocycles. The van der Waals surface area contributed by atoms with Crippen molar-refractivity contribution < 1.29 is 9.59 Å². The van der Waals surface area contributed by atoms with Crippen LogP contribution in [0.15, 0.2) is 48.8 Å². The number of hydrogen-bond acceptors (Lipinski definition) is 4. The molecular formula is C19H21N3O2S. The number of hydrogen-bond donors (Lipinski definition) is 1. The highest BCUT2D eigenvalue weighted by Crippen LogP contribution is 2.21. The maximum absolute atomic E-state index is 12.0. The Kier molecular flexibility index (Phi) is 6.06. The van der Waals surface area contributed by atoms with Crippen molar-refractivity contribution in [2.24, 2.45) is 0 Å². The van der Waals surface area contributed by atoms with Gasteiger partial charge >= 0.3 is 0 Å². The van der Waals surface area contributed by atoms with Gasteiger partial charge in [-0.3, -0.25) is 14.6 Å². The number of amides is 2. The summed E-state index contributed by atoms with van der Waals surface area (Å²) in [7, 11) is 0. The van der Waals surface area contributed by atoms with Crippen molar-refractivity contribution in [1.29, 1.82) is 0 Å². The molecule has 1 aromatic heterocycles. The van der Waals surface area contributed by atoms with Gasteiger partial charge in [-0.2, -0.15) is 0 Å². The fourth-order valence-electron chi connectivity index (χ4n) is 2.73. The molecule has 0 spiro atoms. The van der Waals surface area contributed by atoms with Crippen LogP contribution in [0.2, 0.25) is 0 Å². The zero-order valence-electron chi connectivity index (χ0n) is 14.0. The van der Waals surface area contributed by atoms with Gasteiger partial charge in [0.05, 0.1) is 17.6 Å². The van der Waals surface area contributed by atoms with Gasteiger partial charge in [-0.05, 0) is 23.6 Å². The Labute approximate surface area is 151 Å². The third-order valence-electron chi connectivity index (χ3n) is 4.00. The minimum Gasteiger partial charge on any atom is -0.351 e. The Bertz CT molecular complexity index is 736.